The summed E-state index contributed by atoms with van der Waals surface area (Å²) < 4.78 is 6.06. The molecule has 0 saturated carbocycles. The first kappa shape index (κ1) is 28.0. The number of guanidine groups is 1. The maximum atomic E-state index is 6.06. The van der Waals surface area contributed by atoms with E-state index in [0.717, 1.165) is 37.7 Å². The van der Waals surface area contributed by atoms with Crippen LogP contribution in [-0.4, -0.2) is 75.7 Å². The molecule has 0 spiro atoms. The highest BCUT2D eigenvalue weighted by molar-refractivity contribution is 14.0. The van der Waals surface area contributed by atoms with Gasteiger partial charge in [0, 0.05) is 51.9 Å². The van der Waals surface area contributed by atoms with Gasteiger partial charge in [0.25, 0.3) is 0 Å². The second-order valence-electron chi connectivity index (χ2n) is 8.37. The zero-order valence-corrected chi connectivity index (χ0v) is 22.4. The lowest BCUT2D eigenvalue weighted by Crippen LogP contribution is -2.44. The van der Waals surface area contributed by atoms with E-state index >= 15 is 0 Å². The summed E-state index contributed by atoms with van der Waals surface area (Å²) in [6, 6.07) is 6.43. The Hall–Kier alpha value is -1.06. The van der Waals surface area contributed by atoms with Crippen molar-refractivity contribution in [3.05, 3.63) is 29.3 Å². The molecule has 0 atom stereocenters. The quantitative estimate of drug-likeness (QED) is 0.181. The van der Waals surface area contributed by atoms with E-state index < -0.39 is 0 Å². The number of ether oxygens (including phenoxy) is 1. The van der Waals surface area contributed by atoms with E-state index in [0.29, 0.717) is 6.54 Å². The largest absolute Gasteiger partial charge is 0.493 e. The minimum Gasteiger partial charge on any atom is -0.493 e. The minimum absolute atomic E-state index is 0. The first-order chi connectivity index (χ1) is 14.6. The van der Waals surface area contributed by atoms with Crippen molar-refractivity contribution in [2.24, 2.45) is 4.99 Å². The smallest absolute Gasteiger partial charge is 0.191 e. The topological polar surface area (TPSA) is 52.1 Å². The van der Waals surface area contributed by atoms with Gasteiger partial charge in [-0.05, 0) is 51.4 Å². The summed E-state index contributed by atoms with van der Waals surface area (Å²) in [5, 5.41) is 6.88. The molecule has 1 aromatic rings. The number of rotatable bonds is 12. The number of aliphatic imine (C=N–C) groups is 1. The highest BCUT2D eigenvalue weighted by Crippen LogP contribution is 2.20. The molecular weight excluding hydrogens is 501 g/mol. The number of likely N-dealkylation sites (N-methyl/N-ethyl adjacent to an activating group) is 1. The van der Waals surface area contributed by atoms with Crippen LogP contribution in [0.5, 0.6) is 5.75 Å². The van der Waals surface area contributed by atoms with Crippen molar-refractivity contribution in [2.45, 2.75) is 52.5 Å². The van der Waals surface area contributed by atoms with Crippen LogP contribution in [-0.2, 0) is 6.54 Å². The molecule has 1 aliphatic heterocycles. The predicted molar refractivity (Wildman–Crippen MR) is 143 cm³/mol. The molecule has 7 heteroatoms. The fourth-order valence-corrected chi connectivity index (χ4v) is 3.61. The molecule has 0 aromatic heterocycles. The Kier molecular flexibility index (Phi) is 14.9. The van der Waals surface area contributed by atoms with Crippen LogP contribution in [0, 0.1) is 6.92 Å². The minimum atomic E-state index is 0. The Morgan fingerprint density at radius 3 is 2.55 bits per heavy atom. The Morgan fingerprint density at radius 1 is 1.06 bits per heavy atom. The van der Waals surface area contributed by atoms with Crippen LogP contribution in [0.1, 0.15) is 50.2 Å². The number of nitrogens with one attached hydrogen (secondary N) is 2. The molecule has 1 aliphatic rings. The molecule has 0 amide bonds. The zero-order chi connectivity index (χ0) is 21.6. The first-order valence-electron chi connectivity index (χ1n) is 11.7. The lowest BCUT2D eigenvalue weighted by molar-refractivity contribution is 0.152. The maximum Gasteiger partial charge on any atom is 0.191 e. The normalized spacial score (nSPS) is 15.4. The molecule has 2 rings (SSSR count). The van der Waals surface area contributed by atoms with Crippen molar-refractivity contribution >= 4 is 29.9 Å². The van der Waals surface area contributed by atoms with Crippen molar-refractivity contribution in [1.82, 2.24) is 20.4 Å². The Morgan fingerprint density at radius 2 is 1.84 bits per heavy atom. The number of hydrogen-bond donors (Lipinski definition) is 2. The zero-order valence-electron chi connectivity index (χ0n) is 20.1. The highest BCUT2D eigenvalue weighted by atomic mass is 127. The number of hydrogen-bond acceptors (Lipinski definition) is 4. The average molecular weight is 546 g/mol. The predicted octanol–water partition coefficient (Wildman–Crippen LogP) is 3.87. The molecule has 0 unspecified atom stereocenters. The maximum absolute atomic E-state index is 6.06. The summed E-state index contributed by atoms with van der Waals surface area (Å²) in [5.41, 5.74) is 2.40. The van der Waals surface area contributed by atoms with E-state index in [4.69, 9.17) is 4.74 Å². The van der Waals surface area contributed by atoms with Gasteiger partial charge in [-0.2, -0.15) is 0 Å². The fraction of sp³-hybridized carbons (Fsp3) is 0.708. The molecule has 0 aliphatic carbocycles. The van der Waals surface area contributed by atoms with Crippen LogP contribution in [0.15, 0.2) is 23.2 Å². The number of aryl methyl sites for hydroxylation is 1. The third-order valence-electron chi connectivity index (χ3n) is 5.69. The Balaban J connectivity index is 0.00000480. The fourth-order valence-electron chi connectivity index (χ4n) is 3.61. The molecular formula is C24H44IN5O. The van der Waals surface area contributed by atoms with Gasteiger partial charge >= 0.3 is 0 Å². The molecule has 178 valence electrons. The van der Waals surface area contributed by atoms with Gasteiger partial charge in [0.1, 0.15) is 5.75 Å². The van der Waals surface area contributed by atoms with E-state index in [1.165, 1.54) is 63.1 Å². The standard InChI is InChI=1S/C24H43N5O.HI/c1-5-6-9-18-30-23-19-21(2)10-11-22(23)20-27-24(25-3)26-12-7-8-13-29-16-14-28(4)15-17-29;/h10-11,19H,5-9,12-18,20H2,1-4H3,(H2,25,26,27);1H. The SMILES string of the molecule is CCCCCOc1cc(C)ccc1CNC(=NC)NCCCCN1CCN(C)CC1.I. The summed E-state index contributed by atoms with van der Waals surface area (Å²) in [5.74, 6) is 1.84. The van der Waals surface area contributed by atoms with Crippen molar-refractivity contribution < 1.29 is 4.74 Å². The summed E-state index contributed by atoms with van der Waals surface area (Å²) >= 11 is 0. The summed E-state index contributed by atoms with van der Waals surface area (Å²) in [6.45, 7) is 12.8. The second-order valence-corrected chi connectivity index (χ2v) is 8.37. The van der Waals surface area contributed by atoms with Crippen molar-refractivity contribution in [3.63, 3.8) is 0 Å². The lowest BCUT2D eigenvalue weighted by atomic mass is 10.1. The number of unbranched alkanes of at least 4 members (excludes halogenated alkanes) is 3. The molecule has 0 radical (unpaired) electrons. The van der Waals surface area contributed by atoms with Gasteiger partial charge in [0.2, 0.25) is 0 Å². The molecule has 1 aromatic carbocycles. The van der Waals surface area contributed by atoms with E-state index in [1.807, 2.05) is 7.05 Å². The summed E-state index contributed by atoms with van der Waals surface area (Å²) in [7, 11) is 4.04. The van der Waals surface area contributed by atoms with E-state index in [1.54, 1.807) is 0 Å². The van der Waals surface area contributed by atoms with Crippen LogP contribution in [0.4, 0.5) is 0 Å². The third-order valence-corrected chi connectivity index (χ3v) is 5.69. The number of halogens is 1. The molecule has 1 fully saturated rings. The third kappa shape index (κ3) is 11.4. The van der Waals surface area contributed by atoms with Gasteiger partial charge in [-0.25, -0.2) is 0 Å². The summed E-state index contributed by atoms with van der Waals surface area (Å²) in [6.07, 6.45) is 5.91. The van der Waals surface area contributed by atoms with Crippen LogP contribution in [0.3, 0.4) is 0 Å². The van der Waals surface area contributed by atoms with Crippen LogP contribution in [0.2, 0.25) is 0 Å². The van der Waals surface area contributed by atoms with Crippen LogP contribution in [0.25, 0.3) is 0 Å². The van der Waals surface area contributed by atoms with Crippen molar-refractivity contribution in [2.75, 3.05) is 60.0 Å². The van der Waals surface area contributed by atoms with Crippen LogP contribution >= 0.6 is 24.0 Å². The summed E-state index contributed by atoms with van der Waals surface area (Å²) in [4.78, 5) is 9.35. The average Bonchev–Trinajstić information content (AvgIpc) is 2.75. The first-order valence-corrected chi connectivity index (χ1v) is 11.7. The Labute approximate surface area is 207 Å². The van der Waals surface area contributed by atoms with Gasteiger partial charge in [-0.3, -0.25) is 4.99 Å². The van der Waals surface area contributed by atoms with E-state index in [-0.39, 0.29) is 24.0 Å². The second kappa shape index (κ2) is 16.6. The van der Waals surface area contributed by atoms with Gasteiger partial charge in [-0.15, -0.1) is 24.0 Å². The highest BCUT2D eigenvalue weighted by Gasteiger charge is 2.12. The van der Waals surface area contributed by atoms with Crippen molar-refractivity contribution in [1.29, 1.82) is 0 Å². The molecule has 2 N–H and O–H groups in total. The van der Waals surface area contributed by atoms with Gasteiger partial charge in [0.15, 0.2) is 5.96 Å². The van der Waals surface area contributed by atoms with E-state index in [2.05, 4.69) is 64.5 Å². The van der Waals surface area contributed by atoms with E-state index in [9.17, 15) is 0 Å². The number of nitrogens with zero attached hydrogens (tertiary/aromatic N) is 3. The van der Waals surface area contributed by atoms with Gasteiger partial charge in [0.05, 0.1) is 6.61 Å². The molecule has 1 heterocycles. The molecule has 6 nitrogen and oxygen atoms in total. The Bertz CT molecular complexity index is 632. The van der Waals surface area contributed by atoms with Gasteiger partial charge in [-0.1, -0.05) is 31.9 Å². The molecule has 0 bridgehead atoms. The van der Waals surface area contributed by atoms with Gasteiger partial charge < -0.3 is 25.2 Å². The monoisotopic (exact) mass is 545 g/mol. The molecule has 1 saturated heterocycles. The van der Waals surface area contributed by atoms with Crippen LogP contribution < -0.4 is 15.4 Å². The van der Waals surface area contributed by atoms with Crippen molar-refractivity contribution in [3.8, 4) is 5.75 Å². The number of piperazine rings is 1. The number of benzene rings is 1. The lowest BCUT2D eigenvalue weighted by Gasteiger charge is -2.32. The molecule has 31 heavy (non-hydrogen) atoms.